The highest BCUT2D eigenvalue weighted by Gasteiger charge is 2.43. The summed E-state index contributed by atoms with van der Waals surface area (Å²) in [5, 5.41) is 4.97. The number of carbonyl (C=O) groups excluding carboxylic acids is 1. The fourth-order valence-electron chi connectivity index (χ4n) is 5.12. The summed E-state index contributed by atoms with van der Waals surface area (Å²) in [6.45, 7) is 1.85. The van der Waals surface area contributed by atoms with Gasteiger partial charge in [0.1, 0.15) is 5.82 Å². The molecule has 0 aliphatic carbocycles. The van der Waals surface area contributed by atoms with Gasteiger partial charge < -0.3 is 15.1 Å². The molecule has 2 atom stereocenters. The van der Waals surface area contributed by atoms with E-state index >= 15 is 0 Å². The molecule has 1 amide bonds. The third-order valence-corrected chi connectivity index (χ3v) is 7.76. The van der Waals surface area contributed by atoms with Crippen LogP contribution in [-0.4, -0.2) is 38.1 Å². The van der Waals surface area contributed by atoms with Gasteiger partial charge in [-0.25, -0.2) is 4.39 Å². The first-order chi connectivity index (χ1) is 16.8. The first-order valence-electron chi connectivity index (χ1n) is 11.6. The van der Waals surface area contributed by atoms with Crippen molar-refractivity contribution in [2.75, 3.05) is 36.0 Å². The van der Waals surface area contributed by atoms with E-state index in [9.17, 15) is 22.4 Å². The number of carbonyl (C=O) groups is 1. The second-order valence-electron chi connectivity index (χ2n) is 8.93. The third kappa shape index (κ3) is 4.87. The lowest BCUT2D eigenvalue weighted by Gasteiger charge is -2.49. The number of benzene rings is 2. The summed E-state index contributed by atoms with van der Waals surface area (Å²) in [4.78, 5) is 18.4. The summed E-state index contributed by atoms with van der Waals surface area (Å²) in [6.07, 6.45) is -3.55. The van der Waals surface area contributed by atoms with E-state index in [1.165, 1.54) is 18.2 Å². The predicted octanol–water partition coefficient (Wildman–Crippen LogP) is 5.13. The van der Waals surface area contributed by atoms with Crippen molar-refractivity contribution in [3.05, 3.63) is 81.8 Å². The van der Waals surface area contributed by atoms with Crippen LogP contribution in [0.3, 0.4) is 0 Å². The monoisotopic (exact) mass is 503 g/mol. The molecule has 1 fully saturated rings. The minimum atomic E-state index is -4.45. The van der Waals surface area contributed by atoms with E-state index in [0.29, 0.717) is 43.9 Å². The molecule has 0 spiro atoms. The van der Waals surface area contributed by atoms with Crippen LogP contribution in [-0.2, 0) is 23.8 Å². The molecule has 0 saturated carbocycles. The molecule has 2 aliphatic rings. The normalized spacial score (nSPS) is 19.8. The number of nitrogens with one attached hydrogen (secondary N) is 1. The number of hydrogen-bond acceptors (Lipinski definition) is 4. The van der Waals surface area contributed by atoms with Gasteiger partial charge in [0.15, 0.2) is 0 Å². The van der Waals surface area contributed by atoms with Crippen molar-refractivity contribution in [2.45, 2.75) is 25.1 Å². The van der Waals surface area contributed by atoms with Crippen molar-refractivity contribution >= 4 is 28.6 Å². The molecule has 9 heteroatoms. The molecule has 5 rings (SSSR count). The molecule has 3 heterocycles. The fraction of sp³-hybridized carbons (Fsp3) is 0.346. The molecule has 3 aromatic rings. The van der Waals surface area contributed by atoms with E-state index < -0.39 is 17.7 Å². The molecule has 35 heavy (non-hydrogen) atoms. The molecule has 2 aromatic carbocycles. The highest BCUT2D eigenvalue weighted by molar-refractivity contribution is 7.09. The van der Waals surface area contributed by atoms with Crippen molar-refractivity contribution in [2.24, 2.45) is 5.92 Å². The van der Waals surface area contributed by atoms with Gasteiger partial charge in [0.05, 0.1) is 23.2 Å². The van der Waals surface area contributed by atoms with Gasteiger partial charge in [-0.1, -0.05) is 18.2 Å². The molecule has 184 valence electrons. The molecule has 1 N–H and O–H groups in total. The van der Waals surface area contributed by atoms with E-state index in [1.807, 2.05) is 27.3 Å². The smallest absolute Gasteiger partial charge is 0.365 e. The van der Waals surface area contributed by atoms with Crippen LogP contribution in [0.25, 0.3) is 0 Å². The number of anilines is 2. The molecule has 1 aromatic heterocycles. The second-order valence-corrected chi connectivity index (χ2v) is 9.96. The largest absolute Gasteiger partial charge is 0.416 e. The van der Waals surface area contributed by atoms with Gasteiger partial charge in [0, 0.05) is 36.7 Å². The van der Waals surface area contributed by atoms with Crippen LogP contribution in [0.4, 0.5) is 28.9 Å². The second kappa shape index (κ2) is 9.53. The Balaban J connectivity index is 1.42. The van der Waals surface area contributed by atoms with Crippen LogP contribution in [0.1, 0.15) is 16.0 Å². The summed E-state index contributed by atoms with van der Waals surface area (Å²) in [5.74, 6) is -1.07. The van der Waals surface area contributed by atoms with Gasteiger partial charge >= 0.3 is 6.18 Å². The molecule has 4 nitrogen and oxygen atoms in total. The lowest BCUT2D eigenvalue weighted by atomic mass is 9.82. The van der Waals surface area contributed by atoms with Crippen molar-refractivity contribution in [1.29, 1.82) is 0 Å². The van der Waals surface area contributed by atoms with E-state index in [1.54, 1.807) is 29.5 Å². The third-order valence-electron chi connectivity index (χ3n) is 6.82. The summed E-state index contributed by atoms with van der Waals surface area (Å²) in [7, 11) is 0. The summed E-state index contributed by atoms with van der Waals surface area (Å²) in [6, 6.07) is 14.0. The maximum Gasteiger partial charge on any atom is 0.416 e. The Morgan fingerprint density at radius 1 is 1.06 bits per heavy atom. The summed E-state index contributed by atoms with van der Waals surface area (Å²) >= 11 is 1.61. The number of amides is 1. The number of para-hydroxylation sites is 1. The van der Waals surface area contributed by atoms with Crippen molar-refractivity contribution in [1.82, 2.24) is 5.32 Å². The Kier molecular flexibility index (Phi) is 6.44. The number of hydrogen-bond donors (Lipinski definition) is 1. The maximum atomic E-state index is 14.5. The van der Waals surface area contributed by atoms with E-state index in [-0.39, 0.29) is 24.2 Å². The van der Waals surface area contributed by atoms with Gasteiger partial charge in [-0.3, -0.25) is 4.79 Å². The summed E-state index contributed by atoms with van der Waals surface area (Å²) in [5.41, 5.74) is 1.01. The van der Waals surface area contributed by atoms with E-state index in [0.717, 1.165) is 16.6 Å². The predicted molar refractivity (Wildman–Crippen MR) is 129 cm³/mol. The quantitative estimate of drug-likeness (QED) is 0.491. The van der Waals surface area contributed by atoms with E-state index in [2.05, 4.69) is 5.32 Å². The van der Waals surface area contributed by atoms with Gasteiger partial charge in [-0.15, -0.1) is 11.3 Å². The lowest BCUT2D eigenvalue weighted by molar-refractivity contribution is -0.137. The Bertz CT molecular complexity index is 1200. The highest BCUT2D eigenvalue weighted by atomic mass is 32.1. The highest BCUT2D eigenvalue weighted by Crippen LogP contribution is 2.40. The summed E-state index contributed by atoms with van der Waals surface area (Å²) < 4.78 is 54.7. The topological polar surface area (TPSA) is 35.6 Å². The molecule has 1 saturated heterocycles. The minimum Gasteiger partial charge on any atom is -0.365 e. The first kappa shape index (κ1) is 23.7. The Labute approximate surface area is 205 Å². The molecular weight excluding hydrogens is 478 g/mol. The number of alkyl halides is 3. The average molecular weight is 504 g/mol. The number of rotatable bonds is 5. The number of fused-ring (bicyclic) bond motifs is 3. The SMILES string of the molecule is O=C(NCCc1cccs1)[C@@H]1Cc2cc(C(F)(F)F)ccc2N2CCN(c3ccccc3F)C[C@H]12. The molecule has 2 aliphatic heterocycles. The van der Waals surface area contributed by atoms with Crippen molar-refractivity contribution in [3.63, 3.8) is 0 Å². The Hall–Kier alpha value is -3.07. The Morgan fingerprint density at radius 2 is 1.89 bits per heavy atom. The van der Waals surface area contributed by atoms with Crippen LogP contribution in [0.5, 0.6) is 0 Å². The Morgan fingerprint density at radius 3 is 2.63 bits per heavy atom. The first-order valence-corrected chi connectivity index (χ1v) is 12.5. The van der Waals surface area contributed by atoms with Gasteiger partial charge in [0.2, 0.25) is 5.91 Å². The fourth-order valence-corrected chi connectivity index (χ4v) is 5.83. The van der Waals surface area contributed by atoms with Gasteiger partial charge in [0.25, 0.3) is 0 Å². The number of halogens is 4. The molecule has 0 unspecified atom stereocenters. The molecular formula is C26H25F4N3OS. The lowest BCUT2D eigenvalue weighted by Crippen LogP contribution is -2.61. The minimum absolute atomic E-state index is 0.185. The number of thiophene rings is 1. The standard InChI is InChI=1S/C26H25F4N3OS/c27-21-5-1-2-6-23(21)32-11-12-33-22-8-7-18(26(28,29)30)14-17(22)15-20(24(33)16-32)25(34)31-10-9-19-4-3-13-35-19/h1-8,13-14,20,24H,9-12,15-16H2,(H,31,34)/t20-,24-/m1/s1. The van der Waals surface area contributed by atoms with Crippen LogP contribution in [0, 0.1) is 11.7 Å². The zero-order valence-electron chi connectivity index (χ0n) is 18.9. The van der Waals surface area contributed by atoms with Crippen molar-refractivity contribution in [3.8, 4) is 0 Å². The van der Waals surface area contributed by atoms with Crippen LogP contribution >= 0.6 is 11.3 Å². The zero-order chi connectivity index (χ0) is 24.6. The number of nitrogens with zero attached hydrogens (tertiary/aromatic N) is 2. The van der Waals surface area contributed by atoms with E-state index in [4.69, 9.17) is 0 Å². The van der Waals surface area contributed by atoms with Crippen LogP contribution in [0.15, 0.2) is 60.0 Å². The number of piperazine rings is 1. The van der Waals surface area contributed by atoms with Crippen molar-refractivity contribution < 1.29 is 22.4 Å². The zero-order valence-corrected chi connectivity index (χ0v) is 19.7. The van der Waals surface area contributed by atoms with Gasteiger partial charge in [-0.05, 0) is 60.2 Å². The molecule has 0 radical (unpaired) electrons. The van der Waals surface area contributed by atoms with Crippen LogP contribution in [0.2, 0.25) is 0 Å². The maximum absolute atomic E-state index is 14.5. The average Bonchev–Trinajstić information content (AvgIpc) is 3.36. The molecule has 0 bridgehead atoms. The van der Waals surface area contributed by atoms with Gasteiger partial charge in [-0.2, -0.15) is 13.2 Å². The van der Waals surface area contributed by atoms with Crippen LogP contribution < -0.4 is 15.1 Å².